The van der Waals surface area contributed by atoms with Crippen molar-refractivity contribution < 1.29 is 18.0 Å². The van der Waals surface area contributed by atoms with Crippen molar-refractivity contribution in [2.45, 2.75) is 27.5 Å². The predicted octanol–water partition coefficient (Wildman–Crippen LogP) is 5.22. The maximum absolute atomic E-state index is 12.5. The van der Waals surface area contributed by atoms with Crippen LogP contribution in [-0.4, -0.2) is 11.3 Å². The molecule has 1 atom stereocenters. The molecule has 0 aliphatic carbocycles. The summed E-state index contributed by atoms with van der Waals surface area (Å²) in [6.07, 6.45) is 0. The van der Waals surface area contributed by atoms with Crippen molar-refractivity contribution in [3.05, 3.63) is 29.3 Å². The maximum Gasteiger partial charge on any atom is 0.446 e. The van der Waals surface area contributed by atoms with Gasteiger partial charge >= 0.3 is 5.51 Å². The van der Waals surface area contributed by atoms with Crippen molar-refractivity contribution in [3.63, 3.8) is 0 Å². The predicted molar refractivity (Wildman–Crippen MR) is 73.3 cm³/mol. The summed E-state index contributed by atoms with van der Waals surface area (Å²) in [5.74, 6) is -0.231. The molecule has 0 saturated carbocycles. The summed E-state index contributed by atoms with van der Waals surface area (Å²) in [5.41, 5.74) is -3.30. The van der Waals surface area contributed by atoms with Gasteiger partial charge in [-0.2, -0.15) is 13.2 Å². The number of thioether (sulfide) groups is 1. The quantitative estimate of drug-likeness (QED) is 0.504. The first-order valence-electron chi connectivity index (χ1n) is 4.83. The molecule has 0 radical (unpaired) electrons. The molecule has 1 unspecified atom stereocenters. The van der Waals surface area contributed by atoms with Crippen molar-refractivity contribution in [2.24, 2.45) is 0 Å². The highest BCUT2D eigenvalue weighted by Gasteiger charge is 2.32. The smallest absolute Gasteiger partial charge is 0.298 e. The van der Waals surface area contributed by atoms with Crippen molar-refractivity contribution in [2.75, 3.05) is 0 Å². The van der Waals surface area contributed by atoms with E-state index >= 15 is 0 Å². The largest absolute Gasteiger partial charge is 0.446 e. The lowest BCUT2D eigenvalue weighted by Crippen LogP contribution is -2.06. The van der Waals surface area contributed by atoms with Gasteiger partial charge in [0.15, 0.2) is 0 Å². The SMILES string of the molecule is CC(=O)C(Br)c1ccc(CBr)cc1SC(F)(F)F. The van der Waals surface area contributed by atoms with Gasteiger partial charge in [-0.05, 0) is 35.9 Å². The number of rotatable bonds is 4. The van der Waals surface area contributed by atoms with E-state index in [1.807, 2.05) is 0 Å². The molecule has 0 aromatic heterocycles. The Morgan fingerprint density at radius 1 is 1.44 bits per heavy atom. The average Bonchev–Trinajstić information content (AvgIpc) is 2.25. The summed E-state index contributed by atoms with van der Waals surface area (Å²) in [4.78, 5) is 10.6. The first kappa shape index (κ1) is 16.0. The fraction of sp³-hybridized carbons (Fsp3) is 0.364. The topological polar surface area (TPSA) is 17.1 Å². The highest BCUT2D eigenvalue weighted by atomic mass is 79.9. The Labute approximate surface area is 124 Å². The van der Waals surface area contributed by atoms with Crippen LogP contribution >= 0.6 is 43.6 Å². The van der Waals surface area contributed by atoms with Crippen LogP contribution in [0.25, 0.3) is 0 Å². The molecule has 0 bridgehead atoms. The van der Waals surface area contributed by atoms with Crippen molar-refractivity contribution in [1.82, 2.24) is 0 Å². The zero-order valence-electron chi connectivity index (χ0n) is 9.22. The van der Waals surface area contributed by atoms with Crippen LogP contribution in [0.15, 0.2) is 23.1 Å². The summed E-state index contributed by atoms with van der Waals surface area (Å²) in [7, 11) is 0. The molecule has 1 rings (SSSR count). The van der Waals surface area contributed by atoms with E-state index in [2.05, 4.69) is 31.9 Å². The molecule has 7 heteroatoms. The molecule has 1 nitrogen and oxygen atoms in total. The Balaban J connectivity index is 3.20. The Bertz CT molecular complexity index is 448. The minimum Gasteiger partial charge on any atom is -0.298 e. The number of Topliss-reactive ketones (excluding diaryl/α,β-unsaturated/α-hetero) is 1. The number of ketones is 1. The minimum absolute atomic E-state index is 0.0523. The number of carbonyl (C=O) groups excluding carboxylic acids is 1. The highest BCUT2D eigenvalue weighted by Crippen LogP contribution is 2.42. The third-order valence-corrected chi connectivity index (χ3v) is 4.68. The molecule has 0 spiro atoms. The van der Waals surface area contributed by atoms with Crippen LogP contribution in [0, 0.1) is 0 Å². The Morgan fingerprint density at radius 2 is 2.06 bits per heavy atom. The second kappa shape index (κ2) is 6.43. The van der Waals surface area contributed by atoms with Gasteiger partial charge in [0, 0.05) is 10.2 Å². The summed E-state index contributed by atoms with van der Waals surface area (Å²) >= 11 is 6.11. The van der Waals surface area contributed by atoms with Crippen LogP contribution in [-0.2, 0) is 10.1 Å². The molecule has 18 heavy (non-hydrogen) atoms. The van der Waals surface area contributed by atoms with Gasteiger partial charge in [0.2, 0.25) is 0 Å². The number of carbonyl (C=O) groups is 1. The van der Waals surface area contributed by atoms with E-state index in [1.165, 1.54) is 13.0 Å². The molecule has 0 fully saturated rings. The maximum atomic E-state index is 12.5. The highest BCUT2D eigenvalue weighted by molar-refractivity contribution is 9.09. The molecular weight excluding hydrogens is 397 g/mol. The fourth-order valence-corrected chi connectivity index (χ4v) is 2.97. The third-order valence-electron chi connectivity index (χ3n) is 2.09. The van der Waals surface area contributed by atoms with Gasteiger partial charge in [0.05, 0.1) is 4.83 Å². The Hall–Kier alpha value is -0.0100. The van der Waals surface area contributed by atoms with Crippen LogP contribution in [0.3, 0.4) is 0 Å². The number of halogens is 5. The molecule has 0 heterocycles. The van der Waals surface area contributed by atoms with Gasteiger partial charge in [-0.15, -0.1) is 0 Å². The van der Waals surface area contributed by atoms with Crippen LogP contribution < -0.4 is 0 Å². The van der Waals surface area contributed by atoms with E-state index in [-0.39, 0.29) is 22.4 Å². The van der Waals surface area contributed by atoms with Gasteiger partial charge in [-0.25, -0.2) is 0 Å². The fourth-order valence-electron chi connectivity index (χ4n) is 1.30. The number of hydrogen-bond donors (Lipinski definition) is 0. The molecule has 100 valence electrons. The lowest BCUT2D eigenvalue weighted by molar-refractivity contribution is -0.116. The van der Waals surface area contributed by atoms with E-state index in [1.54, 1.807) is 12.1 Å². The van der Waals surface area contributed by atoms with Gasteiger partial charge in [-0.1, -0.05) is 44.0 Å². The number of alkyl halides is 5. The standard InChI is InChI=1S/C11H9Br2F3OS/c1-6(17)10(13)8-3-2-7(5-12)4-9(8)18-11(14,15)16/h2-4,10H,5H2,1H3. The molecule has 1 aromatic carbocycles. The van der Waals surface area contributed by atoms with Crippen molar-refractivity contribution >= 4 is 49.4 Å². The lowest BCUT2D eigenvalue weighted by Gasteiger charge is -2.15. The van der Waals surface area contributed by atoms with Crippen LogP contribution in [0.1, 0.15) is 22.9 Å². The molecule has 1 aromatic rings. The van der Waals surface area contributed by atoms with Gasteiger partial charge in [0.1, 0.15) is 5.78 Å². The Kier molecular flexibility index (Phi) is 5.73. The molecule has 0 saturated heterocycles. The zero-order valence-corrected chi connectivity index (χ0v) is 13.2. The molecule has 0 amide bonds. The van der Waals surface area contributed by atoms with Crippen molar-refractivity contribution in [3.8, 4) is 0 Å². The summed E-state index contributed by atoms with van der Waals surface area (Å²) < 4.78 is 37.4. The Morgan fingerprint density at radius 3 is 2.50 bits per heavy atom. The van der Waals surface area contributed by atoms with Gasteiger partial charge < -0.3 is 0 Å². The number of hydrogen-bond acceptors (Lipinski definition) is 2. The summed E-state index contributed by atoms with van der Waals surface area (Å²) in [5, 5.41) is 0.464. The zero-order chi connectivity index (χ0) is 13.9. The van der Waals surface area contributed by atoms with E-state index in [0.29, 0.717) is 10.9 Å². The normalized spacial score (nSPS) is 13.4. The van der Waals surface area contributed by atoms with Gasteiger partial charge in [-0.3, -0.25) is 4.79 Å². The first-order chi connectivity index (χ1) is 8.24. The van der Waals surface area contributed by atoms with Crippen LogP contribution in [0.2, 0.25) is 0 Å². The number of benzene rings is 1. The molecule has 0 N–H and O–H groups in total. The van der Waals surface area contributed by atoms with Gasteiger partial charge in [0.25, 0.3) is 0 Å². The second-order valence-electron chi connectivity index (χ2n) is 3.53. The van der Waals surface area contributed by atoms with E-state index < -0.39 is 10.3 Å². The monoisotopic (exact) mass is 404 g/mol. The first-order valence-corrected chi connectivity index (χ1v) is 7.69. The molecular formula is C11H9Br2F3OS. The third kappa shape index (κ3) is 4.59. The van der Waals surface area contributed by atoms with E-state index in [9.17, 15) is 18.0 Å². The van der Waals surface area contributed by atoms with Crippen LogP contribution in [0.4, 0.5) is 13.2 Å². The van der Waals surface area contributed by atoms with E-state index in [4.69, 9.17) is 0 Å². The molecule has 0 aliphatic heterocycles. The minimum atomic E-state index is -4.37. The summed E-state index contributed by atoms with van der Waals surface area (Å²) in [6, 6.07) is 4.69. The average molecular weight is 406 g/mol. The van der Waals surface area contributed by atoms with Crippen LogP contribution in [0.5, 0.6) is 0 Å². The molecule has 0 aliphatic rings. The summed E-state index contributed by atoms with van der Waals surface area (Å²) in [6.45, 7) is 1.33. The lowest BCUT2D eigenvalue weighted by atomic mass is 10.1. The van der Waals surface area contributed by atoms with Crippen molar-refractivity contribution in [1.29, 1.82) is 0 Å². The second-order valence-corrected chi connectivity index (χ2v) is 6.11. The van der Waals surface area contributed by atoms with E-state index in [0.717, 1.165) is 5.56 Å².